The van der Waals surface area contributed by atoms with Crippen molar-refractivity contribution in [1.82, 2.24) is 4.90 Å². The predicted molar refractivity (Wildman–Crippen MR) is 93.9 cm³/mol. The molecule has 1 spiro atoms. The lowest BCUT2D eigenvalue weighted by Crippen LogP contribution is -2.41. The summed E-state index contributed by atoms with van der Waals surface area (Å²) < 4.78 is 5.24. The quantitative estimate of drug-likeness (QED) is 0.843. The maximum Gasteiger partial charge on any atom is 0.118 e. The Labute approximate surface area is 139 Å². The molecule has 1 fully saturated rings. The van der Waals surface area contributed by atoms with E-state index in [1.807, 2.05) is 0 Å². The van der Waals surface area contributed by atoms with Crippen LogP contribution in [0.1, 0.15) is 36.0 Å². The summed E-state index contributed by atoms with van der Waals surface area (Å²) >= 11 is 0. The standard InChI is InChI=1S/C21H25NO/c1-23-19-8-6-17(7-9-19)16-22-14-12-21(13-15-22)11-10-18-4-2-3-5-20(18)21/h2-9H,10-16H2,1H3. The van der Waals surface area contributed by atoms with E-state index in [1.54, 1.807) is 18.2 Å². The molecule has 2 nitrogen and oxygen atoms in total. The van der Waals surface area contributed by atoms with Gasteiger partial charge in [-0.25, -0.2) is 0 Å². The number of rotatable bonds is 3. The molecule has 0 saturated carbocycles. The number of hydrogen-bond donors (Lipinski definition) is 0. The van der Waals surface area contributed by atoms with Gasteiger partial charge in [-0.05, 0) is 73.0 Å². The van der Waals surface area contributed by atoms with Crippen LogP contribution in [0.5, 0.6) is 5.75 Å². The van der Waals surface area contributed by atoms with Crippen molar-refractivity contribution in [1.29, 1.82) is 0 Å². The van der Waals surface area contributed by atoms with Crippen LogP contribution >= 0.6 is 0 Å². The van der Waals surface area contributed by atoms with Gasteiger partial charge >= 0.3 is 0 Å². The first kappa shape index (κ1) is 14.8. The minimum absolute atomic E-state index is 0.465. The first-order valence-corrected chi connectivity index (χ1v) is 8.73. The van der Waals surface area contributed by atoms with Gasteiger partial charge in [0.1, 0.15) is 5.75 Å². The summed E-state index contributed by atoms with van der Waals surface area (Å²) in [6.45, 7) is 3.47. The Hall–Kier alpha value is -1.80. The van der Waals surface area contributed by atoms with Gasteiger partial charge in [-0.2, -0.15) is 0 Å². The van der Waals surface area contributed by atoms with Crippen molar-refractivity contribution in [2.24, 2.45) is 0 Å². The molecule has 1 heterocycles. The monoisotopic (exact) mass is 307 g/mol. The van der Waals surface area contributed by atoms with Crippen molar-refractivity contribution >= 4 is 0 Å². The summed E-state index contributed by atoms with van der Waals surface area (Å²) in [4.78, 5) is 2.61. The van der Waals surface area contributed by atoms with Crippen LogP contribution in [-0.4, -0.2) is 25.1 Å². The third kappa shape index (κ3) is 2.76. The van der Waals surface area contributed by atoms with E-state index >= 15 is 0 Å². The lowest BCUT2D eigenvalue weighted by atomic mass is 9.74. The van der Waals surface area contributed by atoms with Crippen LogP contribution in [0, 0.1) is 0 Å². The second kappa shape index (κ2) is 6.01. The van der Waals surface area contributed by atoms with Crippen molar-refractivity contribution in [3.8, 4) is 5.75 Å². The normalized spacial score (nSPS) is 19.7. The highest BCUT2D eigenvalue weighted by molar-refractivity contribution is 5.39. The van der Waals surface area contributed by atoms with Crippen LogP contribution in [-0.2, 0) is 18.4 Å². The third-order valence-electron chi connectivity index (χ3n) is 5.84. The fraction of sp³-hybridized carbons (Fsp3) is 0.429. The number of fused-ring (bicyclic) bond motifs is 2. The van der Waals surface area contributed by atoms with Crippen LogP contribution in [0.2, 0.25) is 0 Å². The van der Waals surface area contributed by atoms with Gasteiger partial charge in [-0.1, -0.05) is 36.4 Å². The number of aryl methyl sites for hydroxylation is 1. The van der Waals surface area contributed by atoms with Crippen molar-refractivity contribution in [3.63, 3.8) is 0 Å². The zero-order valence-corrected chi connectivity index (χ0v) is 13.9. The molecule has 2 aliphatic rings. The fourth-order valence-electron chi connectivity index (χ4n) is 4.41. The SMILES string of the molecule is COc1ccc(CN2CCC3(CCc4ccccc43)CC2)cc1. The number of piperidine rings is 1. The molecule has 0 unspecified atom stereocenters. The van der Waals surface area contributed by atoms with E-state index in [-0.39, 0.29) is 0 Å². The molecule has 120 valence electrons. The Kier molecular flexibility index (Phi) is 3.86. The summed E-state index contributed by atoms with van der Waals surface area (Å²) in [5.41, 5.74) is 5.08. The molecule has 0 N–H and O–H groups in total. The zero-order chi connectivity index (χ0) is 15.7. The van der Waals surface area contributed by atoms with Gasteiger partial charge in [0.2, 0.25) is 0 Å². The molecule has 2 aromatic carbocycles. The maximum atomic E-state index is 5.24. The Morgan fingerprint density at radius 3 is 2.43 bits per heavy atom. The van der Waals surface area contributed by atoms with Gasteiger partial charge in [0.25, 0.3) is 0 Å². The first-order chi connectivity index (χ1) is 11.3. The molecule has 2 heteroatoms. The molecule has 23 heavy (non-hydrogen) atoms. The van der Waals surface area contributed by atoms with Gasteiger partial charge in [0, 0.05) is 6.54 Å². The van der Waals surface area contributed by atoms with Crippen LogP contribution in [0.15, 0.2) is 48.5 Å². The molecule has 1 aliphatic heterocycles. The van der Waals surface area contributed by atoms with E-state index in [4.69, 9.17) is 4.74 Å². The van der Waals surface area contributed by atoms with E-state index in [0.29, 0.717) is 5.41 Å². The number of likely N-dealkylation sites (tertiary alicyclic amines) is 1. The number of ether oxygens (including phenoxy) is 1. The largest absolute Gasteiger partial charge is 0.497 e. The van der Waals surface area contributed by atoms with Gasteiger partial charge < -0.3 is 4.74 Å². The predicted octanol–water partition coefficient (Wildman–Crippen LogP) is 4.18. The second-order valence-corrected chi connectivity index (χ2v) is 7.06. The van der Waals surface area contributed by atoms with E-state index in [9.17, 15) is 0 Å². The lowest BCUT2D eigenvalue weighted by Gasteiger charge is -2.40. The minimum atomic E-state index is 0.465. The Balaban J connectivity index is 1.41. The number of nitrogens with zero attached hydrogens (tertiary/aromatic N) is 1. The Bertz CT molecular complexity index is 668. The Morgan fingerprint density at radius 1 is 0.957 bits per heavy atom. The summed E-state index contributed by atoms with van der Waals surface area (Å²) in [6.07, 6.45) is 5.23. The van der Waals surface area contributed by atoms with Crippen LogP contribution in [0.4, 0.5) is 0 Å². The highest BCUT2D eigenvalue weighted by Crippen LogP contribution is 2.46. The zero-order valence-electron chi connectivity index (χ0n) is 13.9. The molecule has 1 aliphatic carbocycles. The van der Waals surface area contributed by atoms with Gasteiger partial charge in [-0.3, -0.25) is 4.90 Å². The summed E-state index contributed by atoms with van der Waals surface area (Å²) in [6, 6.07) is 17.6. The average molecular weight is 307 g/mol. The van der Waals surface area contributed by atoms with Crippen LogP contribution < -0.4 is 4.74 Å². The van der Waals surface area contributed by atoms with Crippen LogP contribution in [0.25, 0.3) is 0 Å². The summed E-state index contributed by atoms with van der Waals surface area (Å²) in [7, 11) is 1.72. The average Bonchev–Trinajstić information content (AvgIpc) is 2.97. The molecular weight excluding hydrogens is 282 g/mol. The molecule has 0 atom stereocenters. The van der Waals surface area contributed by atoms with Crippen molar-refractivity contribution < 1.29 is 4.74 Å². The van der Waals surface area contributed by atoms with Crippen molar-refractivity contribution in [3.05, 3.63) is 65.2 Å². The highest BCUT2D eigenvalue weighted by Gasteiger charge is 2.40. The van der Waals surface area contributed by atoms with Gasteiger partial charge in [0.05, 0.1) is 7.11 Å². The van der Waals surface area contributed by atoms with Crippen LogP contribution in [0.3, 0.4) is 0 Å². The van der Waals surface area contributed by atoms with E-state index in [2.05, 4.69) is 53.4 Å². The van der Waals surface area contributed by atoms with Gasteiger partial charge in [0.15, 0.2) is 0 Å². The number of benzene rings is 2. The third-order valence-corrected chi connectivity index (χ3v) is 5.84. The molecular formula is C21H25NO. The van der Waals surface area contributed by atoms with E-state index in [0.717, 1.165) is 12.3 Å². The molecule has 2 aromatic rings. The molecule has 4 rings (SSSR count). The topological polar surface area (TPSA) is 12.5 Å². The highest BCUT2D eigenvalue weighted by atomic mass is 16.5. The summed E-state index contributed by atoms with van der Waals surface area (Å²) in [5, 5.41) is 0. The molecule has 1 saturated heterocycles. The van der Waals surface area contributed by atoms with E-state index in [1.165, 1.54) is 44.3 Å². The maximum absolute atomic E-state index is 5.24. The van der Waals surface area contributed by atoms with Crippen molar-refractivity contribution in [2.45, 2.75) is 37.6 Å². The molecule has 0 amide bonds. The molecule has 0 bridgehead atoms. The number of methoxy groups -OCH3 is 1. The van der Waals surface area contributed by atoms with E-state index < -0.39 is 0 Å². The molecule has 0 radical (unpaired) electrons. The fourth-order valence-corrected chi connectivity index (χ4v) is 4.41. The minimum Gasteiger partial charge on any atom is -0.497 e. The summed E-state index contributed by atoms with van der Waals surface area (Å²) in [5.74, 6) is 0.939. The number of hydrogen-bond acceptors (Lipinski definition) is 2. The first-order valence-electron chi connectivity index (χ1n) is 8.73. The van der Waals surface area contributed by atoms with Gasteiger partial charge in [-0.15, -0.1) is 0 Å². The lowest BCUT2D eigenvalue weighted by molar-refractivity contribution is 0.152. The Morgan fingerprint density at radius 2 is 1.70 bits per heavy atom. The molecule has 0 aromatic heterocycles. The second-order valence-electron chi connectivity index (χ2n) is 7.06. The van der Waals surface area contributed by atoms with Crippen molar-refractivity contribution in [2.75, 3.05) is 20.2 Å². The smallest absolute Gasteiger partial charge is 0.118 e.